The first-order chi connectivity index (χ1) is 14.2. The highest BCUT2D eigenvalue weighted by Crippen LogP contribution is 2.17. The summed E-state index contributed by atoms with van der Waals surface area (Å²) in [7, 11) is 1.75. The number of hydrogen-bond acceptors (Lipinski definition) is 4. The summed E-state index contributed by atoms with van der Waals surface area (Å²) in [5.74, 6) is 3.30. The van der Waals surface area contributed by atoms with Gasteiger partial charge in [0.05, 0.1) is 0 Å². The molecule has 2 heterocycles. The average molecular weight is 390 g/mol. The summed E-state index contributed by atoms with van der Waals surface area (Å²) in [5, 5.41) is 6.62. The summed E-state index contributed by atoms with van der Waals surface area (Å²) < 4.78 is 7.65. The van der Waals surface area contributed by atoms with Gasteiger partial charge in [0.25, 0.3) is 0 Å². The highest BCUT2D eigenvalue weighted by atomic mass is 16.5. The monoisotopic (exact) mass is 390 g/mol. The minimum atomic E-state index is 0.478. The molecule has 0 radical (unpaired) electrons. The van der Waals surface area contributed by atoms with Crippen LogP contribution in [-0.4, -0.2) is 34.1 Å². The van der Waals surface area contributed by atoms with Crippen LogP contribution >= 0.6 is 0 Å². The molecule has 0 aliphatic rings. The van der Waals surface area contributed by atoms with Gasteiger partial charge in [0.1, 0.15) is 24.0 Å². The number of imidazole rings is 1. The molecule has 0 aliphatic carbocycles. The smallest absolute Gasteiger partial charge is 0.191 e. The molecule has 0 spiro atoms. The van der Waals surface area contributed by atoms with E-state index in [1.165, 1.54) is 0 Å². The lowest BCUT2D eigenvalue weighted by molar-refractivity contribution is 0.358. The van der Waals surface area contributed by atoms with Crippen molar-refractivity contribution in [3.05, 3.63) is 84.6 Å². The molecule has 0 amide bonds. The van der Waals surface area contributed by atoms with Crippen LogP contribution in [0.25, 0.3) is 5.82 Å². The minimum Gasteiger partial charge on any atom is -0.489 e. The summed E-state index contributed by atoms with van der Waals surface area (Å²) in [6.07, 6.45) is 7.26. The molecule has 0 fully saturated rings. The lowest BCUT2D eigenvalue weighted by Crippen LogP contribution is -2.36. The topological polar surface area (TPSA) is 76.4 Å². The molecular weight excluding hydrogens is 364 g/mol. The largest absolute Gasteiger partial charge is 0.489 e. The molecule has 150 valence electrons. The summed E-state index contributed by atoms with van der Waals surface area (Å²) >= 11 is 0. The van der Waals surface area contributed by atoms with E-state index in [1.54, 1.807) is 19.3 Å². The highest BCUT2D eigenvalue weighted by Gasteiger charge is 2.05. The first-order valence-corrected chi connectivity index (χ1v) is 9.42. The number of benzene rings is 1. The van der Waals surface area contributed by atoms with Crippen LogP contribution in [0.5, 0.6) is 5.75 Å². The fourth-order valence-corrected chi connectivity index (χ4v) is 2.81. The molecule has 3 rings (SSSR count). The highest BCUT2D eigenvalue weighted by molar-refractivity contribution is 5.79. The van der Waals surface area contributed by atoms with E-state index in [-0.39, 0.29) is 0 Å². The number of aryl methyl sites for hydroxylation is 1. The molecule has 0 saturated carbocycles. The Bertz CT molecular complexity index is 961. The molecule has 2 N–H and O–H groups in total. The van der Waals surface area contributed by atoms with E-state index in [9.17, 15) is 0 Å². The van der Waals surface area contributed by atoms with Gasteiger partial charge in [-0.15, -0.1) is 0 Å². The SMILES string of the molecule is C=CCOc1ccccc1CNC(=NC)NCc1ccc(-n2ccnc2C)nc1. The Morgan fingerprint density at radius 1 is 1.17 bits per heavy atom. The molecule has 29 heavy (non-hydrogen) atoms. The number of hydrogen-bond donors (Lipinski definition) is 2. The molecule has 0 aliphatic heterocycles. The Labute approximate surface area is 171 Å². The van der Waals surface area contributed by atoms with Crippen molar-refractivity contribution >= 4 is 5.96 Å². The summed E-state index contributed by atoms with van der Waals surface area (Å²) in [6, 6.07) is 11.9. The van der Waals surface area contributed by atoms with Gasteiger partial charge >= 0.3 is 0 Å². The Balaban J connectivity index is 1.55. The number of ether oxygens (including phenoxy) is 1. The Morgan fingerprint density at radius 3 is 2.69 bits per heavy atom. The lowest BCUT2D eigenvalue weighted by Gasteiger charge is -2.14. The second-order valence-corrected chi connectivity index (χ2v) is 6.36. The number of aromatic nitrogens is 3. The molecule has 3 aromatic rings. The molecule has 7 nitrogen and oxygen atoms in total. The number of para-hydroxylation sites is 1. The lowest BCUT2D eigenvalue weighted by atomic mass is 10.2. The van der Waals surface area contributed by atoms with Crippen LogP contribution in [0.1, 0.15) is 17.0 Å². The maximum Gasteiger partial charge on any atom is 0.191 e. The minimum absolute atomic E-state index is 0.478. The van der Waals surface area contributed by atoms with Crippen molar-refractivity contribution in [2.45, 2.75) is 20.0 Å². The van der Waals surface area contributed by atoms with Gasteiger partial charge in [0, 0.05) is 44.3 Å². The number of rotatable bonds is 8. The van der Waals surface area contributed by atoms with Gasteiger partial charge in [-0.05, 0) is 24.6 Å². The number of nitrogens with zero attached hydrogens (tertiary/aromatic N) is 4. The van der Waals surface area contributed by atoms with E-state index in [0.717, 1.165) is 28.5 Å². The third kappa shape index (κ3) is 5.44. The summed E-state index contributed by atoms with van der Waals surface area (Å²) in [4.78, 5) is 13.0. The van der Waals surface area contributed by atoms with Gasteiger partial charge in [-0.3, -0.25) is 9.56 Å². The zero-order valence-corrected chi connectivity index (χ0v) is 16.8. The van der Waals surface area contributed by atoms with Crippen LogP contribution in [-0.2, 0) is 13.1 Å². The van der Waals surface area contributed by atoms with Crippen LogP contribution in [0.2, 0.25) is 0 Å². The number of guanidine groups is 1. The maximum absolute atomic E-state index is 5.70. The number of nitrogens with one attached hydrogen (secondary N) is 2. The standard InChI is InChI=1S/C22H26N6O/c1-4-13-29-20-8-6-5-7-19(20)16-27-22(23-3)26-15-18-9-10-21(25-14-18)28-12-11-24-17(28)2/h4-12,14H,1,13,15-16H2,2-3H3,(H2,23,26,27). The van der Waals surface area contributed by atoms with Crippen molar-refractivity contribution in [1.29, 1.82) is 0 Å². The molecule has 1 aromatic carbocycles. The first kappa shape index (κ1) is 20.1. The zero-order chi connectivity index (χ0) is 20.5. The quantitative estimate of drug-likeness (QED) is 0.351. The zero-order valence-electron chi connectivity index (χ0n) is 16.8. The predicted molar refractivity (Wildman–Crippen MR) is 115 cm³/mol. The van der Waals surface area contributed by atoms with Crippen LogP contribution < -0.4 is 15.4 Å². The number of aliphatic imine (C=N–C) groups is 1. The van der Waals surface area contributed by atoms with Crippen molar-refractivity contribution in [2.24, 2.45) is 4.99 Å². The molecule has 0 atom stereocenters. The van der Waals surface area contributed by atoms with Crippen molar-refractivity contribution in [1.82, 2.24) is 25.2 Å². The van der Waals surface area contributed by atoms with Crippen molar-refractivity contribution in [3.8, 4) is 11.6 Å². The van der Waals surface area contributed by atoms with Crippen LogP contribution in [0.15, 0.2) is 72.6 Å². The van der Waals surface area contributed by atoms with Crippen molar-refractivity contribution in [3.63, 3.8) is 0 Å². The van der Waals surface area contributed by atoms with E-state index < -0.39 is 0 Å². The van der Waals surface area contributed by atoms with Gasteiger partial charge in [0.2, 0.25) is 0 Å². The van der Waals surface area contributed by atoms with Gasteiger partial charge in [-0.25, -0.2) is 9.97 Å². The first-order valence-electron chi connectivity index (χ1n) is 9.42. The van der Waals surface area contributed by atoms with E-state index >= 15 is 0 Å². The normalized spacial score (nSPS) is 11.2. The van der Waals surface area contributed by atoms with Crippen LogP contribution in [0.4, 0.5) is 0 Å². The Kier molecular flexibility index (Phi) is 7.00. The van der Waals surface area contributed by atoms with Crippen molar-refractivity contribution in [2.75, 3.05) is 13.7 Å². The third-order valence-electron chi connectivity index (χ3n) is 4.34. The molecule has 2 aromatic heterocycles. The van der Waals surface area contributed by atoms with E-state index in [2.05, 4.69) is 32.2 Å². The molecule has 0 unspecified atom stereocenters. The fourth-order valence-electron chi connectivity index (χ4n) is 2.81. The van der Waals surface area contributed by atoms with Gasteiger partial charge in [-0.2, -0.15) is 0 Å². The number of pyridine rings is 1. The second kappa shape index (κ2) is 10.1. The summed E-state index contributed by atoms with van der Waals surface area (Å²) in [5.41, 5.74) is 2.11. The van der Waals surface area contributed by atoms with E-state index in [4.69, 9.17) is 4.74 Å². The van der Waals surface area contributed by atoms with Crippen LogP contribution in [0.3, 0.4) is 0 Å². The van der Waals surface area contributed by atoms with E-state index in [0.29, 0.717) is 25.7 Å². The predicted octanol–water partition coefficient (Wildman–Crippen LogP) is 3.01. The fraction of sp³-hybridized carbons (Fsp3) is 0.227. The van der Waals surface area contributed by atoms with Gasteiger partial charge in [0.15, 0.2) is 5.96 Å². The second-order valence-electron chi connectivity index (χ2n) is 6.36. The molecular formula is C22H26N6O. The molecule has 0 saturated heterocycles. The average Bonchev–Trinajstić information content (AvgIpc) is 3.19. The van der Waals surface area contributed by atoms with Crippen molar-refractivity contribution < 1.29 is 4.74 Å². The Morgan fingerprint density at radius 2 is 2.00 bits per heavy atom. The Hall–Kier alpha value is -3.61. The van der Waals surface area contributed by atoms with Gasteiger partial charge in [-0.1, -0.05) is 36.9 Å². The van der Waals surface area contributed by atoms with E-state index in [1.807, 2.05) is 60.3 Å². The molecule has 0 bridgehead atoms. The molecule has 7 heteroatoms. The van der Waals surface area contributed by atoms with Gasteiger partial charge < -0.3 is 15.4 Å². The summed E-state index contributed by atoms with van der Waals surface area (Å²) in [6.45, 7) is 7.34. The maximum atomic E-state index is 5.70. The van der Waals surface area contributed by atoms with Crippen LogP contribution in [0, 0.1) is 6.92 Å². The third-order valence-corrected chi connectivity index (χ3v) is 4.34.